The van der Waals surface area contributed by atoms with Crippen molar-refractivity contribution in [2.75, 3.05) is 12.3 Å². The average molecular weight is 273 g/mol. The van der Waals surface area contributed by atoms with Crippen LogP contribution < -0.4 is 5.32 Å². The molecule has 0 aliphatic heterocycles. The number of carbonyl (C=O) groups is 1. The van der Waals surface area contributed by atoms with Gasteiger partial charge < -0.3 is 5.32 Å². The average Bonchev–Trinajstić information content (AvgIpc) is 2.30. The summed E-state index contributed by atoms with van der Waals surface area (Å²) in [5.74, 6) is -0.839. The second kappa shape index (κ2) is 7.84. The second-order valence-electron chi connectivity index (χ2n) is 3.41. The monoisotopic (exact) mass is 273 g/mol. The Morgan fingerprint density at radius 3 is 2.17 bits per heavy atom. The van der Waals surface area contributed by atoms with E-state index in [0.717, 1.165) is 5.56 Å². The summed E-state index contributed by atoms with van der Waals surface area (Å²) in [6.07, 6.45) is 0. The van der Waals surface area contributed by atoms with Crippen LogP contribution in [0.3, 0.4) is 0 Å². The lowest BCUT2D eigenvalue weighted by atomic mass is 10.1. The first kappa shape index (κ1) is 16.6. The minimum atomic E-state index is -4.02. The molecule has 0 fully saturated rings. The highest BCUT2D eigenvalue weighted by molar-refractivity contribution is 7.85. The molecule has 0 saturated carbocycles. The van der Waals surface area contributed by atoms with E-state index in [-0.39, 0.29) is 12.5 Å². The molecule has 0 spiro atoms. The van der Waals surface area contributed by atoms with Crippen LogP contribution in [-0.2, 0) is 10.1 Å². The second-order valence-corrected chi connectivity index (χ2v) is 4.98. The normalized spacial score (nSPS) is 10.2. The van der Waals surface area contributed by atoms with Crippen molar-refractivity contribution in [2.45, 2.75) is 20.8 Å². The minimum absolute atomic E-state index is 0.106. The van der Waals surface area contributed by atoms with E-state index in [2.05, 4.69) is 5.32 Å². The predicted octanol–water partition coefficient (Wildman–Crippen LogP) is 1.64. The summed E-state index contributed by atoms with van der Waals surface area (Å²) < 4.78 is 29.3. The lowest BCUT2D eigenvalue weighted by Crippen LogP contribution is -2.28. The van der Waals surface area contributed by atoms with Crippen LogP contribution in [0.5, 0.6) is 0 Å². The van der Waals surface area contributed by atoms with Gasteiger partial charge in [-0.25, -0.2) is 0 Å². The summed E-state index contributed by atoms with van der Waals surface area (Å²) >= 11 is 0. The van der Waals surface area contributed by atoms with Crippen LogP contribution in [0, 0.1) is 6.92 Å². The van der Waals surface area contributed by atoms with Crippen molar-refractivity contribution in [1.82, 2.24) is 5.32 Å². The highest BCUT2D eigenvalue weighted by atomic mass is 32.2. The van der Waals surface area contributed by atoms with Crippen LogP contribution >= 0.6 is 0 Å². The van der Waals surface area contributed by atoms with Gasteiger partial charge >= 0.3 is 0 Å². The van der Waals surface area contributed by atoms with Crippen LogP contribution in [-0.4, -0.2) is 31.2 Å². The Hall–Kier alpha value is -1.40. The molecule has 18 heavy (non-hydrogen) atoms. The lowest BCUT2D eigenvalue weighted by Gasteiger charge is -2.03. The first-order chi connectivity index (χ1) is 8.38. The number of aryl methyl sites for hydroxylation is 1. The van der Waals surface area contributed by atoms with E-state index in [1.807, 2.05) is 20.8 Å². The van der Waals surface area contributed by atoms with Gasteiger partial charge in [0.2, 0.25) is 0 Å². The molecular formula is C12H19NO4S. The van der Waals surface area contributed by atoms with E-state index >= 15 is 0 Å². The molecule has 6 heteroatoms. The number of hydrogen-bond acceptors (Lipinski definition) is 3. The fraction of sp³-hybridized carbons (Fsp3) is 0.417. The molecule has 0 heterocycles. The zero-order chi connectivity index (χ0) is 14.2. The summed E-state index contributed by atoms with van der Waals surface area (Å²) in [6.45, 7) is 5.80. The van der Waals surface area contributed by atoms with Gasteiger partial charge in [-0.1, -0.05) is 31.5 Å². The molecule has 0 bridgehead atoms. The molecule has 0 atom stereocenters. The van der Waals surface area contributed by atoms with E-state index in [1.54, 1.807) is 24.3 Å². The minimum Gasteiger partial charge on any atom is -0.351 e. The van der Waals surface area contributed by atoms with Crippen molar-refractivity contribution in [3.8, 4) is 0 Å². The van der Waals surface area contributed by atoms with Gasteiger partial charge in [0, 0.05) is 12.1 Å². The summed E-state index contributed by atoms with van der Waals surface area (Å²) in [6, 6.07) is 6.88. The number of nitrogens with one attached hydrogen (secondary N) is 1. The molecule has 1 aromatic carbocycles. The third kappa shape index (κ3) is 7.03. The highest BCUT2D eigenvalue weighted by Crippen LogP contribution is 2.02. The van der Waals surface area contributed by atoms with E-state index in [4.69, 9.17) is 4.55 Å². The van der Waals surface area contributed by atoms with E-state index in [9.17, 15) is 13.2 Å². The summed E-state index contributed by atoms with van der Waals surface area (Å²) in [5.41, 5.74) is 1.50. The number of rotatable bonds is 4. The van der Waals surface area contributed by atoms with E-state index in [0.29, 0.717) is 5.56 Å². The molecule has 0 radical (unpaired) electrons. The maximum atomic E-state index is 11.5. The fourth-order valence-electron chi connectivity index (χ4n) is 1.10. The third-order valence-corrected chi connectivity index (χ3v) is 2.68. The molecule has 0 aliphatic carbocycles. The van der Waals surface area contributed by atoms with Gasteiger partial charge in [-0.05, 0) is 19.1 Å². The molecule has 0 saturated heterocycles. The molecule has 102 valence electrons. The molecule has 2 N–H and O–H groups in total. The zero-order valence-corrected chi connectivity index (χ0v) is 11.6. The van der Waals surface area contributed by atoms with Crippen molar-refractivity contribution in [3.05, 3.63) is 35.4 Å². The van der Waals surface area contributed by atoms with Gasteiger partial charge in [0.15, 0.2) is 0 Å². The Morgan fingerprint density at radius 1 is 1.22 bits per heavy atom. The fourth-order valence-corrected chi connectivity index (χ4v) is 1.46. The number of hydrogen-bond donors (Lipinski definition) is 2. The summed E-state index contributed by atoms with van der Waals surface area (Å²) in [7, 11) is -4.02. The number of carbonyl (C=O) groups excluding carboxylic acids is 1. The van der Waals surface area contributed by atoms with Gasteiger partial charge in [0.1, 0.15) is 0 Å². The van der Waals surface area contributed by atoms with E-state index < -0.39 is 15.9 Å². The van der Waals surface area contributed by atoms with Gasteiger partial charge in [-0.2, -0.15) is 8.42 Å². The van der Waals surface area contributed by atoms with Crippen LogP contribution in [0.1, 0.15) is 29.8 Å². The quantitative estimate of drug-likeness (QED) is 0.817. The maximum Gasteiger partial charge on any atom is 0.266 e. The van der Waals surface area contributed by atoms with Gasteiger partial charge in [0.25, 0.3) is 16.0 Å². The summed E-state index contributed by atoms with van der Waals surface area (Å²) in [4.78, 5) is 11.5. The van der Waals surface area contributed by atoms with Crippen molar-refractivity contribution >= 4 is 16.0 Å². The molecule has 1 amide bonds. The molecular weight excluding hydrogens is 254 g/mol. The van der Waals surface area contributed by atoms with Gasteiger partial charge in [-0.15, -0.1) is 0 Å². The van der Waals surface area contributed by atoms with Gasteiger partial charge in [0.05, 0.1) is 5.75 Å². The molecule has 5 nitrogen and oxygen atoms in total. The standard InChI is InChI=1S/C10H13NO4S.C2H6/c1-8-2-4-9(5-3-8)10(12)11-6-7-16(13,14)15;1-2/h2-5H,6-7H2,1H3,(H,11,12)(H,13,14,15);1-2H3. The van der Waals surface area contributed by atoms with Crippen LogP contribution in [0.2, 0.25) is 0 Å². The van der Waals surface area contributed by atoms with Crippen molar-refractivity contribution in [2.24, 2.45) is 0 Å². The van der Waals surface area contributed by atoms with Gasteiger partial charge in [-0.3, -0.25) is 9.35 Å². The first-order valence-electron chi connectivity index (χ1n) is 5.68. The molecule has 0 aromatic heterocycles. The van der Waals surface area contributed by atoms with E-state index in [1.165, 1.54) is 0 Å². The predicted molar refractivity (Wildman–Crippen MR) is 71.3 cm³/mol. The maximum absolute atomic E-state index is 11.5. The number of amides is 1. The van der Waals surface area contributed by atoms with Crippen molar-refractivity contribution < 1.29 is 17.8 Å². The SMILES string of the molecule is CC.Cc1ccc(C(=O)NCCS(=O)(=O)O)cc1. The van der Waals surface area contributed by atoms with Crippen LogP contribution in [0.25, 0.3) is 0 Å². The van der Waals surface area contributed by atoms with Crippen LogP contribution in [0.4, 0.5) is 0 Å². The van der Waals surface area contributed by atoms with Crippen molar-refractivity contribution in [3.63, 3.8) is 0 Å². The highest BCUT2D eigenvalue weighted by Gasteiger charge is 2.07. The Labute approximate surface area is 108 Å². The van der Waals surface area contributed by atoms with Crippen LogP contribution in [0.15, 0.2) is 24.3 Å². The van der Waals surface area contributed by atoms with Crippen molar-refractivity contribution in [1.29, 1.82) is 0 Å². The zero-order valence-electron chi connectivity index (χ0n) is 10.8. The Kier molecular flexibility index (Phi) is 7.23. The number of benzene rings is 1. The third-order valence-electron chi connectivity index (χ3n) is 1.96. The topological polar surface area (TPSA) is 83.5 Å². The molecule has 0 unspecified atom stereocenters. The lowest BCUT2D eigenvalue weighted by molar-refractivity contribution is 0.0956. The molecule has 1 rings (SSSR count). The first-order valence-corrected chi connectivity index (χ1v) is 7.29. The Balaban J connectivity index is 0.00000137. The smallest absolute Gasteiger partial charge is 0.266 e. The molecule has 0 aliphatic rings. The largest absolute Gasteiger partial charge is 0.351 e. The molecule has 1 aromatic rings. The Morgan fingerprint density at radius 2 is 1.72 bits per heavy atom. The summed E-state index contributed by atoms with van der Waals surface area (Å²) in [5, 5.41) is 2.40. The Bertz CT molecular complexity index is 465.